The number of pyridine rings is 1. The van der Waals surface area contributed by atoms with E-state index >= 15 is 0 Å². The van der Waals surface area contributed by atoms with E-state index in [2.05, 4.69) is 20.1 Å². The zero-order valence-corrected chi connectivity index (χ0v) is 16.7. The van der Waals surface area contributed by atoms with Crippen molar-refractivity contribution in [2.45, 2.75) is 12.1 Å². The lowest BCUT2D eigenvalue weighted by atomic mass is 10.2. The second kappa shape index (κ2) is 7.60. The Hall–Kier alpha value is -3.32. The SMILES string of the molecule is Cc1cccn2nc(-c3ccc(OCCSc4nc5ccccc5[nH]4)cc3)nc12. The van der Waals surface area contributed by atoms with Gasteiger partial charge < -0.3 is 9.72 Å². The molecule has 144 valence electrons. The number of hydrogen-bond donors (Lipinski definition) is 1. The molecule has 1 N–H and O–H groups in total. The molecule has 5 aromatic rings. The van der Waals surface area contributed by atoms with Gasteiger partial charge in [-0.1, -0.05) is 30.0 Å². The minimum Gasteiger partial charge on any atom is -0.493 e. The normalized spacial score (nSPS) is 11.3. The van der Waals surface area contributed by atoms with E-state index in [9.17, 15) is 0 Å². The van der Waals surface area contributed by atoms with E-state index < -0.39 is 0 Å². The number of para-hydroxylation sites is 2. The summed E-state index contributed by atoms with van der Waals surface area (Å²) in [4.78, 5) is 12.5. The number of fused-ring (bicyclic) bond motifs is 2. The van der Waals surface area contributed by atoms with Gasteiger partial charge in [-0.15, -0.1) is 5.10 Å². The number of aryl methyl sites for hydroxylation is 1. The monoisotopic (exact) mass is 401 g/mol. The molecular weight excluding hydrogens is 382 g/mol. The first-order chi connectivity index (χ1) is 14.3. The van der Waals surface area contributed by atoms with Crippen molar-refractivity contribution in [3.8, 4) is 17.1 Å². The molecule has 0 spiro atoms. The number of imidazole rings is 1. The van der Waals surface area contributed by atoms with Gasteiger partial charge in [-0.3, -0.25) is 0 Å². The van der Waals surface area contributed by atoms with E-state index in [4.69, 9.17) is 4.74 Å². The maximum absolute atomic E-state index is 5.86. The zero-order valence-electron chi connectivity index (χ0n) is 15.9. The molecule has 7 heteroatoms. The Morgan fingerprint density at radius 3 is 2.69 bits per heavy atom. The maximum Gasteiger partial charge on any atom is 0.182 e. The molecule has 0 radical (unpaired) electrons. The van der Waals surface area contributed by atoms with Crippen molar-refractivity contribution >= 4 is 28.4 Å². The van der Waals surface area contributed by atoms with Crippen LogP contribution in [0.25, 0.3) is 28.1 Å². The van der Waals surface area contributed by atoms with Crippen LogP contribution in [-0.4, -0.2) is 36.9 Å². The van der Waals surface area contributed by atoms with E-state index in [-0.39, 0.29) is 0 Å². The van der Waals surface area contributed by atoms with Crippen LogP contribution in [0.1, 0.15) is 5.56 Å². The quantitative estimate of drug-likeness (QED) is 0.328. The first kappa shape index (κ1) is 17.8. The van der Waals surface area contributed by atoms with Crippen LogP contribution in [0.15, 0.2) is 72.0 Å². The maximum atomic E-state index is 5.86. The van der Waals surface area contributed by atoms with Crippen LogP contribution < -0.4 is 4.74 Å². The molecule has 0 aliphatic carbocycles. The van der Waals surface area contributed by atoms with Crippen molar-refractivity contribution in [1.82, 2.24) is 24.6 Å². The predicted octanol–water partition coefficient (Wildman–Crippen LogP) is 4.75. The van der Waals surface area contributed by atoms with E-state index in [0.717, 1.165) is 44.5 Å². The third-order valence-corrected chi connectivity index (χ3v) is 5.47. The summed E-state index contributed by atoms with van der Waals surface area (Å²) in [5.41, 5.74) is 5.00. The van der Waals surface area contributed by atoms with Crippen molar-refractivity contribution < 1.29 is 4.74 Å². The smallest absolute Gasteiger partial charge is 0.182 e. The largest absolute Gasteiger partial charge is 0.493 e. The molecule has 3 heterocycles. The van der Waals surface area contributed by atoms with Gasteiger partial charge >= 0.3 is 0 Å². The Balaban J connectivity index is 1.19. The minimum atomic E-state index is 0.604. The highest BCUT2D eigenvalue weighted by molar-refractivity contribution is 7.99. The van der Waals surface area contributed by atoms with E-state index in [0.29, 0.717) is 12.4 Å². The molecule has 0 atom stereocenters. The van der Waals surface area contributed by atoms with Gasteiger partial charge in [-0.25, -0.2) is 14.5 Å². The molecule has 5 rings (SSSR count). The highest BCUT2D eigenvalue weighted by Crippen LogP contribution is 2.22. The molecule has 0 aliphatic heterocycles. The summed E-state index contributed by atoms with van der Waals surface area (Å²) in [6.45, 7) is 2.64. The molecule has 0 saturated heterocycles. The van der Waals surface area contributed by atoms with Crippen LogP contribution in [0.5, 0.6) is 5.75 Å². The molecule has 6 nitrogen and oxygen atoms in total. The fraction of sp³-hybridized carbons (Fsp3) is 0.136. The van der Waals surface area contributed by atoms with Crippen molar-refractivity contribution in [2.24, 2.45) is 0 Å². The fourth-order valence-corrected chi connectivity index (χ4v) is 3.86. The molecule has 2 aromatic carbocycles. The van der Waals surface area contributed by atoms with E-state index in [1.54, 1.807) is 11.8 Å². The first-order valence-electron chi connectivity index (χ1n) is 9.39. The van der Waals surface area contributed by atoms with Crippen molar-refractivity contribution in [3.63, 3.8) is 0 Å². The summed E-state index contributed by atoms with van der Waals surface area (Å²) < 4.78 is 7.67. The van der Waals surface area contributed by atoms with Crippen molar-refractivity contribution in [2.75, 3.05) is 12.4 Å². The molecule has 0 saturated carbocycles. The number of ether oxygens (including phenoxy) is 1. The third kappa shape index (κ3) is 3.69. The fourth-order valence-electron chi connectivity index (χ4n) is 3.16. The molecule has 3 aromatic heterocycles. The molecular formula is C22H19N5OS. The van der Waals surface area contributed by atoms with Gasteiger partial charge in [-0.2, -0.15) is 0 Å². The Labute approximate surface area is 172 Å². The Morgan fingerprint density at radius 2 is 1.86 bits per heavy atom. The Bertz CT molecular complexity index is 1240. The van der Waals surface area contributed by atoms with Crippen molar-refractivity contribution in [3.05, 3.63) is 72.4 Å². The first-order valence-corrected chi connectivity index (χ1v) is 10.4. The molecule has 29 heavy (non-hydrogen) atoms. The van der Waals surface area contributed by atoms with Gasteiger partial charge in [0.1, 0.15) is 5.75 Å². The number of aromatic nitrogens is 5. The second-order valence-corrected chi connectivity index (χ2v) is 7.76. The molecule has 0 aliphatic rings. The van der Waals surface area contributed by atoms with Crippen LogP contribution in [0.4, 0.5) is 0 Å². The number of nitrogens with one attached hydrogen (secondary N) is 1. The Kier molecular flexibility index (Phi) is 4.65. The van der Waals surface area contributed by atoms with Crippen LogP contribution in [0.2, 0.25) is 0 Å². The zero-order chi connectivity index (χ0) is 19.6. The lowest BCUT2D eigenvalue weighted by Crippen LogP contribution is -2.00. The average Bonchev–Trinajstić information content (AvgIpc) is 3.36. The highest BCUT2D eigenvalue weighted by atomic mass is 32.2. The lowest BCUT2D eigenvalue weighted by Gasteiger charge is -2.05. The highest BCUT2D eigenvalue weighted by Gasteiger charge is 2.08. The van der Waals surface area contributed by atoms with Gasteiger partial charge in [0, 0.05) is 17.5 Å². The molecule has 0 fully saturated rings. The van der Waals surface area contributed by atoms with Gasteiger partial charge in [0.25, 0.3) is 0 Å². The van der Waals surface area contributed by atoms with Gasteiger partial charge in [-0.05, 0) is 55.0 Å². The van der Waals surface area contributed by atoms with E-state index in [1.807, 2.05) is 78.3 Å². The van der Waals surface area contributed by atoms with Crippen LogP contribution in [0.3, 0.4) is 0 Å². The molecule has 0 amide bonds. The summed E-state index contributed by atoms with van der Waals surface area (Å²) in [6.07, 6.45) is 1.91. The summed E-state index contributed by atoms with van der Waals surface area (Å²) in [6, 6.07) is 19.9. The number of hydrogen-bond acceptors (Lipinski definition) is 5. The summed E-state index contributed by atoms with van der Waals surface area (Å²) >= 11 is 1.65. The lowest BCUT2D eigenvalue weighted by molar-refractivity contribution is 0.344. The van der Waals surface area contributed by atoms with Gasteiger partial charge in [0.05, 0.1) is 17.6 Å². The van der Waals surface area contributed by atoms with Gasteiger partial charge in [0.15, 0.2) is 16.6 Å². The second-order valence-electron chi connectivity index (χ2n) is 6.68. The Morgan fingerprint density at radius 1 is 1.00 bits per heavy atom. The number of nitrogens with zero attached hydrogens (tertiary/aromatic N) is 4. The van der Waals surface area contributed by atoms with Crippen LogP contribution in [0, 0.1) is 6.92 Å². The number of benzene rings is 2. The van der Waals surface area contributed by atoms with Crippen molar-refractivity contribution in [1.29, 1.82) is 0 Å². The number of H-pyrrole nitrogens is 1. The molecule has 0 unspecified atom stereocenters. The number of thioether (sulfide) groups is 1. The molecule has 0 bridgehead atoms. The summed E-state index contributed by atoms with van der Waals surface area (Å²) in [7, 11) is 0. The third-order valence-electron chi connectivity index (χ3n) is 4.63. The van der Waals surface area contributed by atoms with Crippen LogP contribution in [-0.2, 0) is 0 Å². The van der Waals surface area contributed by atoms with Gasteiger partial charge in [0.2, 0.25) is 0 Å². The standard InChI is InChI=1S/C22H19N5OS/c1-15-5-4-12-27-21(15)25-20(26-27)16-8-10-17(11-9-16)28-13-14-29-22-23-18-6-2-3-7-19(18)24-22/h2-12H,13-14H2,1H3,(H,23,24). The van der Waals surface area contributed by atoms with E-state index in [1.165, 1.54) is 0 Å². The average molecular weight is 401 g/mol. The summed E-state index contributed by atoms with van der Waals surface area (Å²) in [5, 5.41) is 5.47. The van der Waals surface area contributed by atoms with Crippen LogP contribution >= 0.6 is 11.8 Å². The number of rotatable bonds is 6. The minimum absolute atomic E-state index is 0.604. The predicted molar refractivity (Wildman–Crippen MR) is 115 cm³/mol. The number of aromatic amines is 1. The topological polar surface area (TPSA) is 68.1 Å². The summed E-state index contributed by atoms with van der Waals surface area (Å²) in [5.74, 6) is 2.36.